The zero-order chi connectivity index (χ0) is 15.6. The van der Waals surface area contributed by atoms with E-state index in [1.165, 1.54) is 7.11 Å². The standard InChI is InChI=1S/C15H15ClN2O3/c1-8(2)12-11(15(19)20)14(21-3)18-13(17-12)9-4-6-10(16)7-5-9/h4-8H,1-3H3,(H,19,20). The molecule has 2 aromatic rings. The molecule has 0 fully saturated rings. The monoisotopic (exact) mass is 306 g/mol. The van der Waals surface area contributed by atoms with Gasteiger partial charge in [0.1, 0.15) is 5.56 Å². The number of nitrogens with zero attached hydrogens (tertiary/aromatic N) is 2. The van der Waals surface area contributed by atoms with Crippen LogP contribution in [-0.4, -0.2) is 28.2 Å². The molecule has 0 spiro atoms. The molecular weight excluding hydrogens is 292 g/mol. The summed E-state index contributed by atoms with van der Waals surface area (Å²) in [5.74, 6) is -0.694. The van der Waals surface area contributed by atoms with Crippen molar-refractivity contribution in [2.24, 2.45) is 0 Å². The van der Waals surface area contributed by atoms with Gasteiger partial charge in [-0.25, -0.2) is 9.78 Å². The molecule has 5 nitrogen and oxygen atoms in total. The molecule has 0 aliphatic heterocycles. The highest BCUT2D eigenvalue weighted by atomic mass is 35.5. The van der Waals surface area contributed by atoms with Crippen LogP contribution >= 0.6 is 11.6 Å². The van der Waals surface area contributed by atoms with E-state index in [4.69, 9.17) is 16.3 Å². The second kappa shape index (κ2) is 6.10. The first-order valence-corrected chi connectivity index (χ1v) is 6.77. The lowest BCUT2D eigenvalue weighted by molar-refractivity contribution is 0.0690. The summed E-state index contributed by atoms with van der Waals surface area (Å²) in [5.41, 5.74) is 1.20. The van der Waals surface area contributed by atoms with Crippen molar-refractivity contribution < 1.29 is 14.6 Å². The van der Waals surface area contributed by atoms with Crippen LogP contribution in [0, 0.1) is 0 Å². The van der Waals surface area contributed by atoms with Gasteiger partial charge in [-0.2, -0.15) is 4.98 Å². The Morgan fingerprint density at radius 3 is 2.33 bits per heavy atom. The van der Waals surface area contributed by atoms with Gasteiger partial charge in [-0.3, -0.25) is 0 Å². The second-order valence-corrected chi connectivity index (χ2v) is 5.22. The van der Waals surface area contributed by atoms with E-state index in [9.17, 15) is 9.90 Å². The average Bonchev–Trinajstić information content (AvgIpc) is 2.46. The molecule has 110 valence electrons. The van der Waals surface area contributed by atoms with E-state index in [-0.39, 0.29) is 17.4 Å². The van der Waals surface area contributed by atoms with Crippen molar-refractivity contribution in [3.05, 3.63) is 40.5 Å². The Bertz CT molecular complexity index is 669. The molecule has 0 bridgehead atoms. The minimum absolute atomic E-state index is 0.00483. The molecule has 0 saturated carbocycles. The predicted molar refractivity (Wildman–Crippen MR) is 80.1 cm³/mol. The summed E-state index contributed by atoms with van der Waals surface area (Å²) < 4.78 is 5.13. The molecule has 1 heterocycles. The van der Waals surface area contributed by atoms with E-state index in [0.29, 0.717) is 16.5 Å². The number of rotatable bonds is 4. The van der Waals surface area contributed by atoms with Crippen LogP contribution in [-0.2, 0) is 0 Å². The number of benzene rings is 1. The zero-order valence-electron chi connectivity index (χ0n) is 11.9. The maximum absolute atomic E-state index is 11.4. The number of carboxylic acids is 1. The zero-order valence-corrected chi connectivity index (χ0v) is 12.7. The highest BCUT2D eigenvalue weighted by molar-refractivity contribution is 6.30. The molecule has 0 radical (unpaired) electrons. The average molecular weight is 307 g/mol. The summed E-state index contributed by atoms with van der Waals surface area (Å²) in [7, 11) is 1.39. The van der Waals surface area contributed by atoms with Crippen LogP contribution in [0.5, 0.6) is 5.88 Å². The second-order valence-electron chi connectivity index (χ2n) is 4.78. The van der Waals surface area contributed by atoms with Crippen LogP contribution in [0.4, 0.5) is 0 Å². The maximum atomic E-state index is 11.4. The molecule has 0 saturated heterocycles. The number of hydrogen-bond acceptors (Lipinski definition) is 4. The molecule has 1 aromatic heterocycles. The Labute approximate surface area is 127 Å². The number of carbonyl (C=O) groups is 1. The Balaban J connectivity index is 2.66. The molecule has 0 aliphatic carbocycles. The van der Waals surface area contributed by atoms with Crippen molar-refractivity contribution in [3.8, 4) is 17.3 Å². The van der Waals surface area contributed by atoms with Crippen LogP contribution < -0.4 is 4.74 Å². The summed E-state index contributed by atoms with van der Waals surface area (Å²) in [6.45, 7) is 3.75. The lowest BCUT2D eigenvalue weighted by atomic mass is 10.0. The topological polar surface area (TPSA) is 72.3 Å². The highest BCUT2D eigenvalue weighted by Gasteiger charge is 2.23. The maximum Gasteiger partial charge on any atom is 0.343 e. The smallest absolute Gasteiger partial charge is 0.343 e. The molecule has 0 atom stereocenters. The summed E-state index contributed by atoms with van der Waals surface area (Å²) in [5, 5.41) is 9.96. The third-order valence-electron chi connectivity index (χ3n) is 2.96. The molecule has 0 amide bonds. The van der Waals surface area contributed by atoms with Gasteiger partial charge in [-0.1, -0.05) is 25.4 Å². The predicted octanol–water partition coefficient (Wildman–Crippen LogP) is 3.63. The van der Waals surface area contributed by atoms with Crippen LogP contribution in [0.25, 0.3) is 11.4 Å². The van der Waals surface area contributed by atoms with Gasteiger partial charge in [0, 0.05) is 10.6 Å². The number of halogens is 1. The van der Waals surface area contributed by atoms with Gasteiger partial charge in [-0.15, -0.1) is 0 Å². The van der Waals surface area contributed by atoms with E-state index < -0.39 is 5.97 Å². The fraction of sp³-hybridized carbons (Fsp3) is 0.267. The number of methoxy groups -OCH3 is 1. The van der Waals surface area contributed by atoms with Crippen molar-refractivity contribution in [1.29, 1.82) is 0 Å². The fourth-order valence-electron chi connectivity index (χ4n) is 1.95. The quantitative estimate of drug-likeness (QED) is 0.934. The Hall–Kier alpha value is -2.14. The summed E-state index contributed by atoms with van der Waals surface area (Å²) >= 11 is 5.86. The van der Waals surface area contributed by atoms with Crippen molar-refractivity contribution in [2.45, 2.75) is 19.8 Å². The van der Waals surface area contributed by atoms with Crippen molar-refractivity contribution >= 4 is 17.6 Å². The number of aromatic carboxylic acids is 1. The van der Waals surface area contributed by atoms with E-state index >= 15 is 0 Å². The summed E-state index contributed by atoms with van der Waals surface area (Å²) in [6.07, 6.45) is 0. The molecule has 1 aromatic carbocycles. The molecule has 0 aliphatic rings. The van der Waals surface area contributed by atoms with Gasteiger partial charge in [0.25, 0.3) is 0 Å². The van der Waals surface area contributed by atoms with E-state index in [1.807, 2.05) is 13.8 Å². The van der Waals surface area contributed by atoms with Crippen molar-refractivity contribution in [1.82, 2.24) is 9.97 Å². The molecule has 2 rings (SSSR count). The largest absolute Gasteiger partial charge is 0.480 e. The van der Waals surface area contributed by atoms with Gasteiger partial charge in [0.05, 0.1) is 12.8 Å². The van der Waals surface area contributed by atoms with Gasteiger partial charge < -0.3 is 9.84 Å². The van der Waals surface area contributed by atoms with Gasteiger partial charge in [0.2, 0.25) is 5.88 Å². The fourth-order valence-corrected chi connectivity index (χ4v) is 2.08. The minimum Gasteiger partial charge on any atom is -0.480 e. The van der Waals surface area contributed by atoms with Crippen LogP contribution in [0.1, 0.15) is 35.8 Å². The van der Waals surface area contributed by atoms with Crippen LogP contribution in [0.2, 0.25) is 5.02 Å². The third-order valence-corrected chi connectivity index (χ3v) is 3.21. The van der Waals surface area contributed by atoms with Gasteiger partial charge in [0.15, 0.2) is 5.82 Å². The first-order chi connectivity index (χ1) is 9.93. The Kier molecular flexibility index (Phi) is 4.43. The first-order valence-electron chi connectivity index (χ1n) is 6.39. The van der Waals surface area contributed by atoms with E-state index in [2.05, 4.69) is 9.97 Å². The van der Waals surface area contributed by atoms with Gasteiger partial charge >= 0.3 is 5.97 Å². The number of ether oxygens (including phenoxy) is 1. The number of hydrogen-bond donors (Lipinski definition) is 1. The van der Waals surface area contributed by atoms with E-state index in [1.54, 1.807) is 24.3 Å². The molecule has 21 heavy (non-hydrogen) atoms. The Morgan fingerprint density at radius 2 is 1.86 bits per heavy atom. The number of aromatic nitrogens is 2. The van der Waals surface area contributed by atoms with Crippen molar-refractivity contribution in [3.63, 3.8) is 0 Å². The number of carboxylic acid groups (broad SMARTS) is 1. The highest BCUT2D eigenvalue weighted by Crippen LogP contribution is 2.28. The summed E-state index contributed by atoms with van der Waals surface area (Å²) in [6, 6.07) is 7.02. The normalized spacial score (nSPS) is 10.7. The van der Waals surface area contributed by atoms with Crippen molar-refractivity contribution in [2.75, 3.05) is 7.11 Å². The van der Waals surface area contributed by atoms with Crippen LogP contribution in [0.3, 0.4) is 0 Å². The first kappa shape index (κ1) is 15.3. The van der Waals surface area contributed by atoms with E-state index in [0.717, 1.165) is 5.56 Å². The Morgan fingerprint density at radius 1 is 1.24 bits per heavy atom. The lowest BCUT2D eigenvalue weighted by Gasteiger charge is -2.14. The van der Waals surface area contributed by atoms with Gasteiger partial charge in [-0.05, 0) is 30.2 Å². The molecule has 6 heteroatoms. The molecular formula is C15H15ClN2O3. The summed E-state index contributed by atoms with van der Waals surface area (Å²) in [4.78, 5) is 20.0. The lowest BCUT2D eigenvalue weighted by Crippen LogP contribution is -2.12. The third kappa shape index (κ3) is 3.13. The minimum atomic E-state index is -1.10. The molecule has 1 N–H and O–H groups in total. The van der Waals surface area contributed by atoms with Crippen LogP contribution in [0.15, 0.2) is 24.3 Å². The molecule has 0 unspecified atom stereocenters. The SMILES string of the molecule is COc1nc(-c2ccc(Cl)cc2)nc(C(C)C)c1C(=O)O.